The average molecular weight is 302 g/mol. The lowest BCUT2D eigenvalue weighted by Crippen LogP contribution is -2.46. The van der Waals surface area contributed by atoms with Gasteiger partial charge in [-0.15, -0.1) is 0 Å². The van der Waals surface area contributed by atoms with Crippen molar-refractivity contribution in [2.24, 2.45) is 0 Å². The summed E-state index contributed by atoms with van der Waals surface area (Å²) >= 11 is 0. The monoisotopic (exact) mass is 302 g/mol. The summed E-state index contributed by atoms with van der Waals surface area (Å²) in [4.78, 5) is 12.4. The van der Waals surface area contributed by atoms with Crippen LogP contribution in [-0.4, -0.2) is 31.7 Å². The maximum Gasteiger partial charge on any atom is 0.416 e. The zero-order valence-electron chi connectivity index (χ0n) is 11.7. The number of ether oxygens (including phenoxy) is 2. The van der Waals surface area contributed by atoms with Crippen LogP contribution in [0.25, 0.3) is 0 Å². The lowest BCUT2D eigenvalue weighted by Gasteiger charge is -2.34. The van der Waals surface area contributed by atoms with Crippen molar-refractivity contribution in [3.05, 3.63) is 35.4 Å². The van der Waals surface area contributed by atoms with Gasteiger partial charge in [-0.1, -0.05) is 12.1 Å². The minimum absolute atomic E-state index is 0.0615. The molecule has 1 heterocycles. The number of carbonyl (C=O) groups is 1. The van der Waals surface area contributed by atoms with E-state index in [0.29, 0.717) is 31.6 Å². The second-order valence-corrected chi connectivity index (χ2v) is 5.11. The number of hydrogen-bond acceptors (Lipinski definition) is 3. The summed E-state index contributed by atoms with van der Waals surface area (Å²) in [6.07, 6.45) is -3.35. The number of Topliss-reactive ketones (excluding diaryl/α,β-unsaturated/α-hetero) is 1. The molecule has 21 heavy (non-hydrogen) atoms. The van der Waals surface area contributed by atoms with Crippen LogP contribution in [0.5, 0.6) is 0 Å². The predicted molar refractivity (Wildman–Crippen MR) is 69.9 cm³/mol. The van der Waals surface area contributed by atoms with Gasteiger partial charge in [0.15, 0.2) is 5.78 Å². The van der Waals surface area contributed by atoms with Crippen molar-refractivity contribution in [2.75, 3.05) is 20.3 Å². The highest BCUT2D eigenvalue weighted by Gasteiger charge is 2.39. The molecule has 0 N–H and O–H groups in total. The molecule has 0 aromatic heterocycles. The topological polar surface area (TPSA) is 35.5 Å². The first-order valence-electron chi connectivity index (χ1n) is 6.70. The minimum Gasteiger partial charge on any atom is -0.381 e. The predicted octanol–water partition coefficient (Wildman–Crippen LogP) is 3.01. The van der Waals surface area contributed by atoms with Gasteiger partial charge in [0.25, 0.3) is 0 Å². The van der Waals surface area contributed by atoms with Crippen molar-refractivity contribution in [1.29, 1.82) is 0 Å². The SMILES string of the molecule is COC1(C(=O)Cc2ccc(C(F)(F)F)cc2)CCOCC1. The Kier molecular flexibility index (Phi) is 4.68. The Morgan fingerprint density at radius 3 is 2.29 bits per heavy atom. The molecule has 6 heteroatoms. The smallest absolute Gasteiger partial charge is 0.381 e. The van der Waals surface area contributed by atoms with Crippen LogP contribution < -0.4 is 0 Å². The fourth-order valence-electron chi connectivity index (χ4n) is 2.46. The summed E-state index contributed by atoms with van der Waals surface area (Å²) in [5.74, 6) is -0.118. The Hall–Kier alpha value is -1.40. The molecule has 1 aliphatic rings. The molecule has 0 bridgehead atoms. The number of benzene rings is 1. The van der Waals surface area contributed by atoms with Crippen LogP contribution in [-0.2, 0) is 26.9 Å². The molecular weight excluding hydrogens is 285 g/mol. The first-order chi connectivity index (χ1) is 9.87. The molecule has 0 spiro atoms. The molecule has 1 aliphatic heterocycles. The molecule has 2 rings (SSSR count). The van der Waals surface area contributed by atoms with E-state index in [1.54, 1.807) is 0 Å². The van der Waals surface area contributed by atoms with E-state index in [1.807, 2.05) is 0 Å². The Balaban J connectivity index is 2.08. The van der Waals surface area contributed by atoms with Gasteiger partial charge < -0.3 is 9.47 Å². The van der Waals surface area contributed by atoms with Crippen molar-refractivity contribution >= 4 is 5.78 Å². The van der Waals surface area contributed by atoms with E-state index in [1.165, 1.54) is 19.2 Å². The summed E-state index contributed by atoms with van der Waals surface area (Å²) in [7, 11) is 1.48. The zero-order chi connectivity index (χ0) is 15.5. The molecule has 0 amide bonds. The molecule has 0 atom stereocenters. The van der Waals surface area contributed by atoms with Crippen molar-refractivity contribution in [3.63, 3.8) is 0 Å². The molecule has 1 aromatic carbocycles. The number of hydrogen-bond donors (Lipinski definition) is 0. The van der Waals surface area contributed by atoms with Gasteiger partial charge in [-0.2, -0.15) is 13.2 Å². The van der Waals surface area contributed by atoms with Crippen LogP contribution in [0, 0.1) is 0 Å². The Morgan fingerprint density at radius 1 is 1.24 bits per heavy atom. The van der Waals surface area contributed by atoms with E-state index < -0.39 is 17.3 Å². The van der Waals surface area contributed by atoms with Crippen LogP contribution >= 0.6 is 0 Å². The third-order valence-corrected chi connectivity index (χ3v) is 3.85. The van der Waals surface area contributed by atoms with Crippen molar-refractivity contribution in [1.82, 2.24) is 0 Å². The largest absolute Gasteiger partial charge is 0.416 e. The van der Waals surface area contributed by atoms with E-state index in [2.05, 4.69) is 0 Å². The second kappa shape index (κ2) is 6.15. The highest BCUT2D eigenvalue weighted by atomic mass is 19.4. The van der Waals surface area contributed by atoms with Gasteiger partial charge in [0, 0.05) is 39.6 Å². The van der Waals surface area contributed by atoms with E-state index in [0.717, 1.165) is 12.1 Å². The van der Waals surface area contributed by atoms with Crippen LogP contribution in [0.1, 0.15) is 24.0 Å². The number of methoxy groups -OCH3 is 1. The molecule has 3 nitrogen and oxygen atoms in total. The number of alkyl halides is 3. The normalized spacial score (nSPS) is 18.5. The average Bonchev–Trinajstić information content (AvgIpc) is 2.47. The lowest BCUT2D eigenvalue weighted by molar-refractivity contribution is -0.151. The van der Waals surface area contributed by atoms with Crippen molar-refractivity contribution in [3.8, 4) is 0 Å². The highest BCUT2D eigenvalue weighted by Crippen LogP contribution is 2.30. The molecule has 1 saturated heterocycles. The number of rotatable bonds is 4. The minimum atomic E-state index is -4.36. The summed E-state index contributed by atoms with van der Waals surface area (Å²) in [6, 6.07) is 4.66. The number of ketones is 1. The highest BCUT2D eigenvalue weighted by molar-refractivity contribution is 5.89. The van der Waals surface area contributed by atoms with Crippen LogP contribution in [0.15, 0.2) is 24.3 Å². The van der Waals surface area contributed by atoms with Crippen molar-refractivity contribution in [2.45, 2.75) is 31.0 Å². The van der Waals surface area contributed by atoms with Crippen LogP contribution in [0.2, 0.25) is 0 Å². The Morgan fingerprint density at radius 2 is 1.81 bits per heavy atom. The first-order valence-corrected chi connectivity index (χ1v) is 6.70. The van der Waals surface area contributed by atoms with E-state index >= 15 is 0 Å². The van der Waals surface area contributed by atoms with E-state index in [-0.39, 0.29) is 12.2 Å². The standard InChI is InChI=1S/C15H17F3O3/c1-20-14(6-8-21-9-7-14)13(19)10-11-2-4-12(5-3-11)15(16,17)18/h2-5H,6-10H2,1H3. The van der Waals surface area contributed by atoms with E-state index in [9.17, 15) is 18.0 Å². The van der Waals surface area contributed by atoms with Crippen LogP contribution in [0.3, 0.4) is 0 Å². The molecular formula is C15H17F3O3. The molecule has 0 unspecified atom stereocenters. The number of halogens is 3. The van der Waals surface area contributed by atoms with Gasteiger partial charge in [0.05, 0.1) is 5.56 Å². The van der Waals surface area contributed by atoms with Crippen LogP contribution in [0.4, 0.5) is 13.2 Å². The lowest BCUT2D eigenvalue weighted by atomic mass is 9.86. The third kappa shape index (κ3) is 3.63. The quantitative estimate of drug-likeness (QED) is 0.857. The molecule has 1 aromatic rings. The fourth-order valence-corrected chi connectivity index (χ4v) is 2.46. The Bertz CT molecular complexity index is 488. The van der Waals surface area contributed by atoms with Gasteiger partial charge in [0.1, 0.15) is 5.60 Å². The van der Waals surface area contributed by atoms with E-state index in [4.69, 9.17) is 9.47 Å². The maximum atomic E-state index is 12.5. The summed E-state index contributed by atoms with van der Waals surface area (Å²) < 4.78 is 48.1. The Labute approximate surface area is 121 Å². The molecule has 0 aliphatic carbocycles. The molecule has 116 valence electrons. The summed E-state index contributed by atoms with van der Waals surface area (Å²) in [6.45, 7) is 0.902. The summed E-state index contributed by atoms with van der Waals surface area (Å²) in [5, 5.41) is 0. The number of carbonyl (C=O) groups excluding carboxylic acids is 1. The third-order valence-electron chi connectivity index (χ3n) is 3.85. The van der Waals surface area contributed by atoms with Gasteiger partial charge >= 0.3 is 6.18 Å². The second-order valence-electron chi connectivity index (χ2n) is 5.11. The fraction of sp³-hybridized carbons (Fsp3) is 0.533. The van der Waals surface area contributed by atoms with Gasteiger partial charge in [0.2, 0.25) is 0 Å². The zero-order valence-corrected chi connectivity index (χ0v) is 11.7. The molecule has 0 saturated carbocycles. The van der Waals surface area contributed by atoms with Gasteiger partial charge in [-0.25, -0.2) is 0 Å². The molecule has 1 fully saturated rings. The summed E-state index contributed by atoms with van der Waals surface area (Å²) in [5.41, 5.74) is -1.04. The van der Waals surface area contributed by atoms with Gasteiger partial charge in [-0.05, 0) is 17.7 Å². The molecule has 0 radical (unpaired) electrons. The first kappa shape index (κ1) is 16.0. The van der Waals surface area contributed by atoms with Crippen molar-refractivity contribution < 1.29 is 27.4 Å². The van der Waals surface area contributed by atoms with Gasteiger partial charge in [-0.3, -0.25) is 4.79 Å². The maximum absolute atomic E-state index is 12.5.